The van der Waals surface area contributed by atoms with Crippen LogP contribution in [0.4, 0.5) is 19.0 Å². The third-order valence-corrected chi connectivity index (χ3v) is 5.83. The maximum Gasteiger partial charge on any atom is 0.416 e. The summed E-state index contributed by atoms with van der Waals surface area (Å²) >= 11 is 0. The molecule has 2 heterocycles. The summed E-state index contributed by atoms with van der Waals surface area (Å²) in [7, 11) is 0. The molecule has 1 aromatic heterocycles. The van der Waals surface area contributed by atoms with Crippen molar-refractivity contribution in [3.8, 4) is 0 Å². The fourth-order valence-electron chi connectivity index (χ4n) is 4.55. The number of aromatic nitrogens is 2. The monoisotopic (exact) mass is 392 g/mol. The topological polar surface area (TPSA) is 61.3 Å². The smallest absolute Gasteiger partial charge is 0.391 e. The van der Waals surface area contributed by atoms with Gasteiger partial charge in [0, 0.05) is 32.0 Å². The summed E-state index contributed by atoms with van der Waals surface area (Å²) in [6.45, 7) is 1.73. The summed E-state index contributed by atoms with van der Waals surface area (Å²) in [6.07, 6.45) is 1.35. The quantitative estimate of drug-likeness (QED) is 0.837. The summed E-state index contributed by atoms with van der Waals surface area (Å²) in [5, 5.41) is 13.8. The van der Waals surface area contributed by atoms with Crippen LogP contribution in [0.25, 0.3) is 0 Å². The Morgan fingerprint density at radius 1 is 1.11 bits per heavy atom. The van der Waals surface area contributed by atoms with Crippen molar-refractivity contribution in [2.75, 3.05) is 18.4 Å². The summed E-state index contributed by atoms with van der Waals surface area (Å²) in [6, 6.07) is 5.65. The number of nitrogens with one attached hydrogen (secondary N) is 1. The van der Waals surface area contributed by atoms with E-state index in [0.717, 1.165) is 19.0 Å². The maximum atomic E-state index is 13.3. The lowest BCUT2D eigenvalue weighted by atomic mass is 9.77. The fraction of sp³-hybridized carbons (Fsp3) is 0.500. The fourth-order valence-corrected chi connectivity index (χ4v) is 4.55. The molecule has 1 aliphatic heterocycles. The molecule has 0 spiro atoms. The molecule has 0 amide bonds. The van der Waals surface area contributed by atoms with E-state index >= 15 is 0 Å². The van der Waals surface area contributed by atoms with E-state index in [1.54, 1.807) is 30.7 Å². The van der Waals surface area contributed by atoms with Gasteiger partial charge in [-0.15, -0.1) is 0 Å². The van der Waals surface area contributed by atoms with Crippen LogP contribution in [0.3, 0.4) is 0 Å². The Morgan fingerprint density at radius 3 is 2.57 bits per heavy atom. The van der Waals surface area contributed by atoms with Gasteiger partial charge >= 0.3 is 6.18 Å². The van der Waals surface area contributed by atoms with E-state index in [4.69, 9.17) is 0 Å². The van der Waals surface area contributed by atoms with Crippen LogP contribution in [-0.2, 0) is 12.7 Å². The number of hydrogen-bond acceptors (Lipinski definition) is 5. The molecule has 150 valence electrons. The number of aliphatic hydroxyl groups is 1. The SMILES string of the molecule is O[C@@H]1C[C@H]2CN(Cc3ccccc3C(F)(F)F)C[C@H]2C[C@H]1Nc1cnccn1. The number of anilines is 1. The highest BCUT2D eigenvalue weighted by molar-refractivity contribution is 5.32. The predicted molar refractivity (Wildman–Crippen MR) is 98.4 cm³/mol. The molecule has 4 atom stereocenters. The van der Waals surface area contributed by atoms with Gasteiger partial charge < -0.3 is 10.4 Å². The molecule has 1 saturated heterocycles. The number of aliphatic hydroxyl groups excluding tert-OH is 1. The predicted octanol–water partition coefficient (Wildman–Crippen LogP) is 3.18. The van der Waals surface area contributed by atoms with Crippen molar-refractivity contribution in [3.63, 3.8) is 0 Å². The molecular weight excluding hydrogens is 369 g/mol. The van der Waals surface area contributed by atoms with Crippen molar-refractivity contribution < 1.29 is 18.3 Å². The molecular formula is C20H23F3N4O. The first-order valence-corrected chi connectivity index (χ1v) is 9.48. The Balaban J connectivity index is 1.42. The minimum absolute atomic E-state index is 0.125. The zero-order valence-corrected chi connectivity index (χ0v) is 15.3. The largest absolute Gasteiger partial charge is 0.416 e. The zero-order valence-electron chi connectivity index (χ0n) is 15.3. The molecule has 2 N–H and O–H groups in total. The average Bonchev–Trinajstić information content (AvgIpc) is 3.03. The number of alkyl halides is 3. The van der Waals surface area contributed by atoms with Crippen molar-refractivity contribution in [2.24, 2.45) is 11.8 Å². The number of benzene rings is 1. The van der Waals surface area contributed by atoms with Gasteiger partial charge in [-0.3, -0.25) is 9.88 Å². The van der Waals surface area contributed by atoms with Crippen LogP contribution in [0.5, 0.6) is 0 Å². The number of halogens is 3. The molecule has 8 heteroatoms. The van der Waals surface area contributed by atoms with E-state index in [1.807, 2.05) is 0 Å². The van der Waals surface area contributed by atoms with E-state index in [9.17, 15) is 18.3 Å². The zero-order chi connectivity index (χ0) is 19.7. The normalized spacial score (nSPS) is 28.1. The van der Waals surface area contributed by atoms with Crippen LogP contribution in [0.15, 0.2) is 42.9 Å². The van der Waals surface area contributed by atoms with Gasteiger partial charge in [-0.1, -0.05) is 18.2 Å². The van der Waals surface area contributed by atoms with Crippen LogP contribution in [-0.4, -0.2) is 45.2 Å². The maximum absolute atomic E-state index is 13.3. The first-order chi connectivity index (χ1) is 13.4. The number of likely N-dealkylation sites (tertiary alicyclic amines) is 1. The number of hydrogen-bond donors (Lipinski definition) is 2. The van der Waals surface area contributed by atoms with E-state index in [0.29, 0.717) is 36.2 Å². The summed E-state index contributed by atoms with van der Waals surface area (Å²) in [5.74, 6) is 1.27. The molecule has 0 bridgehead atoms. The molecule has 2 fully saturated rings. The number of rotatable bonds is 4. The van der Waals surface area contributed by atoms with Gasteiger partial charge in [-0.2, -0.15) is 13.2 Å². The van der Waals surface area contributed by atoms with Gasteiger partial charge in [-0.25, -0.2) is 4.98 Å². The molecule has 0 radical (unpaired) electrons. The van der Waals surface area contributed by atoms with E-state index in [2.05, 4.69) is 20.2 Å². The second-order valence-corrected chi connectivity index (χ2v) is 7.75. The number of fused-ring (bicyclic) bond motifs is 1. The lowest BCUT2D eigenvalue weighted by Crippen LogP contribution is -2.43. The van der Waals surface area contributed by atoms with Crippen molar-refractivity contribution in [1.82, 2.24) is 14.9 Å². The van der Waals surface area contributed by atoms with Gasteiger partial charge in [0.05, 0.1) is 23.9 Å². The Morgan fingerprint density at radius 2 is 1.86 bits per heavy atom. The molecule has 2 aliphatic rings. The van der Waals surface area contributed by atoms with Crippen molar-refractivity contribution in [2.45, 2.75) is 37.7 Å². The highest BCUT2D eigenvalue weighted by Gasteiger charge is 2.42. The summed E-state index contributed by atoms with van der Waals surface area (Å²) in [4.78, 5) is 10.3. The molecule has 2 aromatic rings. The molecule has 0 unspecified atom stereocenters. The Bertz CT molecular complexity index is 802. The third-order valence-electron chi connectivity index (χ3n) is 5.83. The first-order valence-electron chi connectivity index (χ1n) is 9.48. The minimum atomic E-state index is -4.34. The number of nitrogens with zero attached hydrogens (tertiary/aromatic N) is 3. The Labute approximate surface area is 161 Å². The van der Waals surface area contributed by atoms with Crippen molar-refractivity contribution in [3.05, 3.63) is 54.0 Å². The van der Waals surface area contributed by atoms with E-state index in [-0.39, 0.29) is 12.6 Å². The van der Waals surface area contributed by atoms with Crippen LogP contribution < -0.4 is 5.32 Å². The van der Waals surface area contributed by atoms with Crippen LogP contribution in [0, 0.1) is 11.8 Å². The second kappa shape index (κ2) is 7.67. The molecule has 1 aromatic carbocycles. The van der Waals surface area contributed by atoms with Gasteiger partial charge in [0.15, 0.2) is 0 Å². The Hall–Kier alpha value is -2.19. The molecule has 1 aliphatic carbocycles. The Kier molecular flexibility index (Phi) is 5.25. The summed E-state index contributed by atoms with van der Waals surface area (Å²) < 4.78 is 39.8. The minimum Gasteiger partial charge on any atom is -0.391 e. The van der Waals surface area contributed by atoms with E-state index in [1.165, 1.54) is 6.07 Å². The van der Waals surface area contributed by atoms with Gasteiger partial charge in [0.2, 0.25) is 0 Å². The van der Waals surface area contributed by atoms with Gasteiger partial charge in [0.25, 0.3) is 0 Å². The second-order valence-electron chi connectivity index (χ2n) is 7.75. The van der Waals surface area contributed by atoms with Crippen LogP contribution in [0.2, 0.25) is 0 Å². The summed E-state index contributed by atoms with van der Waals surface area (Å²) in [5.41, 5.74) is -0.254. The van der Waals surface area contributed by atoms with Gasteiger partial charge in [0.1, 0.15) is 5.82 Å². The standard InChI is InChI=1S/C20H23F3N4O/c21-20(22,23)16-4-2-1-3-13(16)10-27-11-14-7-17(18(28)8-15(14)12-27)26-19-9-24-5-6-25-19/h1-6,9,14-15,17-18,28H,7-8,10-12H2,(H,25,26)/t14-,15+,17-,18-/m1/s1. The molecule has 1 saturated carbocycles. The molecule has 4 rings (SSSR count). The van der Waals surface area contributed by atoms with Crippen molar-refractivity contribution in [1.29, 1.82) is 0 Å². The third kappa shape index (κ3) is 4.12. The average molecular weight is 392 g/mol. The van der Waals surface area contributed by atoms with Crippen LogP contribution >= 0.6 is 0 Å². The van der Waals surface area contributed by atoms with Crippen LogP contribution in [0.1, 0.15) is 24.0 Å². The lowest BCUT2D eigenvalue weighted by Gasteiger charge is -2.35. The molecule has 28 heavy (non-hydrogen) atoms. The highest BCUT2D eigenvalue weighted by Crippen LogP contribution is 2.39. The lowest BCUT2D eigenvalue weighted by molar-refractivity contribution is -0.138. The molecule has 5 nitrogen and oxygen atoms in total. The highest BCUT2D eigenvalue weighted by atomic mass is 19.4. The van der Waals surface area contributed by atoms with Crippen molar-refractivity contribution >= 4 is 5.82 Å². The van der Waals surface area contributed by atoms with Gasteiger partial charge in [-0.05, 0) is 36.3 Å². The first kappa shape index (κ1) is 19.1. The van der Waals surface area contributed by atoms with E-state index < -0.39 is 17.8 Å².